The third-order valence-corrected chi connectivity index (χ3v) is 8.51. The van der Waals surface area contributed by atoms with Crippen molar-refractivity contribution in [1.29, 1.82) is 0 Å². The van der Waals surface area contributed by atoms with Gasteiger partial charge < -0.3 is 19.3 Å². The predicted molar refractivity (Wildman–Crippen MR) is 165 cm³/mol. The molecule has 3 atom stereocenters. The molecule has 210 valence electrons. The lowest BCUT2D eigenvalue weighted by Gasteiger charge is -2.51. The topological polar surface area (TPSA) is 62.3 Å². The van der Waals surface area contributed by atoms with Crippen LogP contribution in [-0.4, -0.2) is 18.9 Å². The number of fused-ring (bicyclic) bond motifs is 11. The quantitative estimate of drug-likeness (QED) is 0.208. The van der Waals surface area contributed by atoms with Crippen molar-refractivity contribution in [2.24, 2.45) is 5.92 Å². The van der Waals surface area contributed by atoms with Crippen LogP contribution < -0.4 is 24.2 Å². The number of ether oxygens (including phenoxy) is 2. The van der Waals surface area contributed by atoms with E-state index in [1.807, 2.05) is 127 Å². The summed E-state index contributed by atoms with van der Waals surface area (Å²) in [6.07, 6.45) is -0.626. The van der Waals surface area contributed by atoms with Crippen LogP contribution in [0.2, 0.25) is 0 Å². The molecule has 3 heterocycles. The summed E-state index contributed by atoms with van der Waals surface area (Å²) < 4.78 is 13.0. The van der Waals surface area contributed by atoms with Crippen LogP contribution in [0.25, 0.3) is 0 Å². The van der Waals surface area contributed by atoms with Gasteiger partial charge in [0.25, 0.3) is 0 Å². The fourth-order valence-corrected chi connectivity index (χ4v) is 6.56. The third kappa shape index (κ3) is 3.82. The van der Waals surface area contributed by atoms with Crippen molar-refractivity contribution in [3.05, 3.63) is 139 Å². The first kappa shape index (κ1) is 25.2. The van der Waals surface area contributed by atoms with Crippen molar-refractivity contribution in [3.63, 3.8) is 0 Å². The molecule has 0 aromatic heterocycles. The highest BCUT2D eigenvalue weighted by molar-refractivity contribution is 6.15. The van der Waals surface area contributed by atoms with Gasteiger partial charge >= 0.3 is 0 Å². The van der Waals surface area contributed by atoms with Crippen LogP contribution in [-0.2, 0) is 9.59 Å². The summed E-state index contributed by atoms with van der Waals surface area (Å²) in [5.41, 5.74) is 3.66. The molecule has 8 rings (SSSR count). The van der Waals surface area contributed by atoms with Crippen LogP contribution in [0.1, 0.15) is 23.3 Å². The van der Waals surface area contributed by atoms with Crippen LogP contribution >= 0.6 is 0 Å². The van der Waals surface area contributed by atoms with Crippen LogP contribution in [0.15, 0.2) is 127 Å². The fraction of sp³-hybridized carbons (Fsp3) is 0.111. The number of benzene rings is 5. The molecule has 0 aliphatic carbocycles. The zero-order valence-corrected chi connectivity index (χ0v) is 23.3. The van der Waals surface area contributed by atoms with Gasteiger partial charge in [0.05, 0.1) is 17.4 Å². The Kier molecular flexibility index (Phi) is 5.72. The summed E-state index contributed by atoms with van der Waals surface area (Å²) in [6, 6.07) is 39.5. The molecule has 3 aliphatic heterocycles. The number of nitrogens with zero attached hydrogens (tertiary/aromatic N) is 3. The molecule has 1 saturated heterocycles. The number of para-hydroxylation sites is 7. The van der Waals surface area contributed by atoms with E-state index in [2.05, 4.69) is 4.90 Å². The van der Waals surface area contributed by atoms with Gasteiger partial charge in [-0.2, -0.15) is 0 Å². The monoisotopic (exact) mass is 565 g/mol. The average molecular weight is 566 g/mol. The Hall–Kier alpha value is -5.56. The third-order valence-electron chi connectivity index (χ3n) is 8.51. The normalized spacial score (nSPS) is 19.5. The van der Waals surface area contributed by atoms with Crippen molar-refractivity contribution < 1.29 is 19.1 Å². The van der Waals surface area contributed by atoms with Gasteiger partial charge in [0.1, 0.15) is 23.6 Å². The van der Waals surface area contributed by atoms with E-state index in [0.29, 0.717) is 34.4 Å². The summed E-state index contributed by atoms with van der Waals surface area (Å²) in [7, 11) is 1.73. The Morgan fingerprint density at radius 3 is 1.84 bits per heavy atom. The number of carbonyl (C=O) groups excluding carboxylic acids is 2. The Morgan fingerprint density at radius 2 is 1.14 bits per heavy atom. The molecule has 0 unspecified atom stereocenters. The molecule has 43 heavy (non-hydrogen) atoms. The van der Waals surface area contributed by atoms with Gasteiger partial charge in [-0.1, -0.05) is 78.9 Å². The average Bonchev–Trinajstić information content (AvgIpc) is 3.29. The zero-order chi connectivity index (χ0) is 29.1. The minimum Gasteiger partial charge on any atom is -0.455 e. The Labute approximate surface area is 249 Å². The van der Waals surface area contributed by atoms with E-state index in [4.69, 9.17) is 9.47 Å². The van der Waals surface area contributed by atoms with Crippen molar-refractivity contribution in [2.75, 3.05) is 21.7 Å². The van der Waals surface area contributed by atoms with E-state index >= 15 is 4.79 Å². The van der Waals surface area contributed by atoms with Gasteiger partial charge in [-0.15, -0.1) is 0 Å². The summed E-state index contributed by atoms with van der Waals surface area (Å²) in [6.45, 7) is 0. The Morgan fingerprint density at radius 1 is 0.628 bits per heavy atom. The minimum atomic E-state index is -1.10. The second-order valence-corrected chi connectivity index (χ2v) is 10.9. The number of rotatable bonds is 2. The summed E-state index contributed by atoms with van der Waals surface area (Å²) in [5.74, 6) is 0.738. The first-order chi connectivity index (χ1) is 21.1. The van der Waals surface area contributed by atoms with Crippen LogP contribution in [0, 0.1) is 5.92 Å². The van der Waals surface area contributed by atoms with Gasteiger partial charge in [-0.25, -0.2) is 0 Å². The molecule has 7 nitrogen and oxygen atoms in total. The highest BCUT2D eigenvalue weighted by Crippen LogP contribution is 2.57. The second-order valence-electron chi connectivity index (χ2n) is 10.9. The van der Waals surface area contributed by atoms with Crippen molar-refractivity contribution in [2.45, 2.75) is 12.2 Å². The highest BCUT2D eigenvalue weighted by atomic mass is 16.5. The molecule has 3 aliphatic rings. The Balaban J connectivity index is 1.44. The zero-order valence-electron chi connectivity index (χ0n) is 23.3. The summed E-state index contributed by atoms with van der Waals surface area (Å²) in [5, 5.41) is 0. The van der Waals surface area contributed by atoms with E-state index in [1.165, 1.54) is 0 Å². The fourth-order valence-electron chi connectivity index (χ4n) is 6.56. The number of hydrogen-bond donors (Lipinski definition) is 0. The van der Waals surface area contributed by atoms with Crippen molar-refractivity contribution in [3.8, 4) is 23.0 Å². The van der Waals surface area contributed by atoms with Gasteiger partial charge in [0.15, 0.2) is 11.5 Å². The Bertz CT molecular complexity index is 1890. The number of carbonyl (C=O) groups is 2. The largest absolute Gasteiger partial charge is 0.455 e. The summed E-state index contributed by atoms with van der Waals surface area (Å²) in [4.78, 5) is 35.3. The molecule has 1 fully saturated rings. The lowest BCUT2D eigenvalue weighted by Crippen LogP contribution is -2.60. The van der Waals surface area contributed by atoms with Crippen molar-refractivity contribution >= 4 is 28.9 Å². The van der Waals surface area contributed by atoms with Crippen LogP contribution in [0.4, 0.5) is 17.1 Å². The molecule has 0 N–H and O–H groups in total. The van der Waals surface area contributed by atoms with E-state index in [-0.39, 0.29) is 11.8 Å². The smallest absolute Gasteiger partial charge is 0.244 e. The molecule has 0 radical (unpaired) electrons. The molecular weight excluding hydrogens is 538 g/mol. The molecule has 0 spiro atoms. The lowest BCUT2D eigenvalue weighted by atomic mass is 9.83. The predicted octanol–water partition coefficient (Wildman–Crippen LogP) is 7.47. The minimum absolute atomic E-state index is 0.305. The maximum atomic E-state index is 15.1. The molecule has 0 bridgehead atoms. The SMILES string of the molecule is CN(C(=O)[C@H]1C(=O)N2c3ccccc3Oc3ccccc3[C@H]2N2c3ccccc3Oc3ccccc3[C@H]12)c1ccccc1. The standard InChI is InChI=1S/C36H27N3O4/c1-37(23-13-3-2-4-14-23)35(40)32-33-24-15-5-9-19-28(24)42-30-21-11-7-17-26(30)38(33)34-25-16-6-10-20-29(25)43-31-22-12-8-18-27(31)39(34)36(32)41/h2-22,32-34H,1H3/t32-,33+,34-/m0/s1. The lowest BCUT2D eigenvalue weighted by molar-refractivity contribution is -0.135. The van der Waals surface area contributed by atoms with E-state index in [0.717, 1.165) is 16.8 Å². The van der Waals surface area contributed by atoms with E-state index in [9.17, 15) is 4.79 Å². The molecule has 5 aromatic carbocycles. The highest BCUT2D eigenvalue weighted by Gasteiger charge is 2.56. The van der Waals surface area contributed by atoms with Crippen LogP contribution in [0.3, 0.4) is 0 Å². The first-order valence-corrected chi connectivity index (χ1v) is 14.3. The van der Waals surface area contributed by atoms with Crippen LogP contribution in [0.5, 0.6) is 23.0 Å². The molecule has 5 aromatic rings. The van der Waals surface area contributed by atoms with E-state index < -0.39 is 18.1 Å². The van der Waals surface area contributed by atoms with Gasteiger partial charge in [0.2, 0.25) is 11.8 Å². The van der Waals surface area contributed by atoms with Gasteiger partial charge in [-0.05, 0) is 48.5 Å². The number of amides is 2. The van der Waals surface area contributed by atoms with Crippen molar-refractivity contribution in [1.82, 2.24) is 0 Å². The molecule has 0 saturated carbocycles. The first-order valence-electron chi connectivity index (χ1n) is 14.3. The molecule has 2 amide bonds. The van der Waals surface area contributed by atoms with Gasteiger partial charge in [-0.3, -0.25) is 14.5 Å². The van der Waals surface area contributed by atoms with E-state index in [1.54, 1.807) is 16.8 Å². The molecular formula is C36H27N3O4. The second kappa shape index (κ2) is 9.77. The maximum absolute atomic E-state index is 15.1. The molecule has 7 heteroatoms. The number of anilines is 3. The maximum Gasteiger partial charge on any atom is 0.244 e. The van der Waals surface area contributed by atoms with Gasteiger partial charge in [0, 0.05) is 23.9 Å². The summed E-state index contributed by atoms with van der Waals surface area (Å²) >= 11 is 0. The number of hydrogen-bond acceptors (Lipinski definition) is 5.